The molecule has 0 spiro atoms. The lowest BCUT2D eigenvalue weighted by Gasteiger charge is -2.04. The first-order valence-electron chi connectivity index (χ1n) is 10.5. The summed E-state index contributed by atoms with van der Waals surface area (Å²) in [4.78, 5) is 11.1. The van der Waals surface area contributed by atoms with Gasteiger partial charge in [-0.2, -0.15) is 0 Å². The molecule has 0 saturated heterocycles. The monoisotopic (exact) mass is 360 g/mol. The molecule has 0 atom stereocenters. The van der Waals surface area contributed by atoms with Crippen molar-refractivity contribution in [3.05, 3.63) is 0 Å². The summed E-state index contributed by atoms with van der Waals surface area (Å²) in [7, 11) is 0. The molecule has 0 aromatic carbocycles. The maximum atomic E-state index is 11.1. The van der Waals surface area contributed by atoms with Crippen LogP contribution in [0, 0.1) is 0 Å². The Morgan fingerprint density at radius 3 is 1.42 bits per heavy atom. The summed E-state index contributed by atoms with van der Waals surface area (Å²) in [6.45, 7) is 2.84. The molecule has 0 amide bonds. The highest BCUT2D eigenvalue weighted by Crippen LogP contribution is 2.13. The Bertz CT molecular complexity index is 256. The van der Waals surface area contributed by atoms with Gasteiger partial charge < -0.3 is 4.74 Å². The Kier molecular flexibility index (Phi) is 20.6. The molecule has 0 aromatic rings. The van der Waals surface area contributed by atoms with Gasteiger partial charge in [-0.3, -0.25) is 4.79 Å². The van der Waals surface area contributed by atoms with E-state index in [1.165, 1.54) is 96.3 Å². The van der Waals surface area contributed by atoms with E-state index in [-0.39, 0.29) is 5.97 Å². The van der Waals surface area contributed by atoms with Crippen LogP contribution in [0.15, 0.2) is 0 Å². The first kappa shape index (κ1) is 23.8. The van der Waals surface area contributed by atoms with Crippen LogP contribution in [0.5, 0.6) is 0 Å². The number of carbonyl (C=O) groups is 1. The van der Waals surface area contributed by atoms with Crippen molar-refractivity contribution < 1.29 is 9.53 Å². The zero-order chi connectivity index (χ0) is 17.7. The van der Waals surface area contributed by atoms with E-state index in [1.807, 2.05) is 0 Å². The van der Waals surface area contributed by atoms with Gasteiger partial charge in [-0.25, -0.2) is 0 Å². The molecule has 0 rings (SSSR count). The lowest BCUT2D eigenvalue weighted by molar-refractivity contribution is -0.143. The van der Waals surface area contributed by atoms with Crippen LogP contribution in [0.25, 0.3) is 0 Å². The zero-order valence-corrected chi connectivity index (χ0v) is 16.9. The highest BCUT2D eigenvalue weighted by Gasteiger charge is 2.00. The minimum Gasteiger partial charge on any atom is -0.466 e. The van der Waals surface area contributed by atoms with E-state index in [9.17, 15) is 4.79 Å². The van der Waals surface area contributed by atoms with E-state index >= 15 is 0 Å². The molecule has 0 fully saturated rings. The van der Waals surface area contributed by atoms with E-state index in [0.717, 1.165) is 6.42 Å². The average Bonchev–Trinajstić information content (AvgIpc) is 2.58. The zero-order valence-electron chi connectivity index (χ0n) is 16.1. The molecule has 0 bridgehead atoms. The molecular formula is C21H41ClO2. The summed E-state index contributed by atoms with van der Waals surface area (Å²) >= 11 is 5.48. The molecule has 0 aliphatic carbocycles. The van der Waals surface area contributed by atoms with E-state index in [0.29, 0.717) is 18.9 Å². The second-order valence-corrected chi connectivity index (χ2v) is 7.34. The van der Waals surface area contributed by atoms with Crippen LogP contribution in [0.4, 0.5) is 0 Å². The Labute approximate surface area is 156 Å². The minimum atomic E-state index is -0.161. The standard InChI is InChI=1S/C21H41ClO2/c1-2-3-4-5-6-7-8-9-10-11-12-13-14-15-16-17-20-24-21(23)18-19-22/h2-20H2,1H3. The smallest absolute Gasteiger partial charge is 0.306 e. The number of halogens is 1. The van der Waals surface area contributed by atoms with Crippen LogP contribution >= 0.6 is 11.6 Å². The fraction of sp³-hybridized carbons (Fsp3) is 0.952. The predicted molar refractivity (Wildman–Crippen MR) is 106 cm³/mol. The van der Waals surface area contributed by atoms with Crippen molar-refractivity contribution in [2.45, 2.75) is 116 Å². The fourth-order valence-corrected chi connectivity index (χ4v) is 3.14. The number of unbranched alkanes of at least 4 members (excludes halogenated alkanes) is 15. The van der Waals surface area contributed by atoms with Gasteiger partial charge in [0.1, 0.15) is 0 Å². The van der Waals surface area contributed by atoms with Crippen LogP contribution in [0.3, 0.4) is 0 Å². The lowest BCUT2D eigenvalue weighted by atomic mass is 10.0. The first-order valence-corrected chi connectivity index (χ1v) is 11.1. The number of rotatable bonds is 19. The van der Waals surface area contributed by atoms with Gasteiger partial charge in [-0.15, -0.1) is 11.6 Å². The molecule has 0 aromatic heterocycles. The van der Waals surface area contributed by atoms with Crippen molar-refractivity contribution in [1.29, 1.82) is 0 Å². The summed E-state index contributed by atoms with van der Waals surface area (Å²) in [5.74, 6) is 0.198. The predicted octanol–water partition coefficient (Wildman–Crippen LogP) is 7.42. The van der Waals surface area contributed by atoms with E-state index < -0.39 is 0 Å². The van der Waals surface area contributed by atoms with Gasteiger partial charge >= 0.3 is 5.97 Å². The van der Waals surface area contributed by atoms with Crippen molar-refractivity contribution >= 4 is 17.6 Å². The third kappa shape index (κ3) is 19.8. The SMILES string of the molecule is CCCCCCCCCCCCCCCCCCOC(=O)CCCl. The van der Waals surface area contributed by atoms with Crippen molar-refractivity contribution in [2.75, 3.05) is 12.5 Å². The van der Waals surface area contributed by atoms with Gasteiger partial charge in [-0.1, -0.05) is 103 Å². The quantitative estimate of drug-likeness (QED) is 0.136. The summed E-state index contributed by atoms with van der Waals surface area (Å²) < 4.78 is 5.08. The van der Waals surface area contributed by atoms with Crippen molar-refractivity contribution in [2.24, 2.45) is 0 Å². The minimum absolute atomic E-state index is 0.161. The average molecular weight is 361 g/mol. The van der Waals surface area contributed by atoms with E-state index in [4.69, 9.17) is 16.3 Å². The molecule has 0 N–H and O–H groups in total. The van der Waals surface area contributed by atoms with Crippen LogP contribution in [-0.2, 0) is 9.53 Å². The third-order valence-electron chi connectivity index (χ3n) is 4.56. The molecular weight excluding hydrogens is 320 g/mol. The largest absolute Gasteiger partial charge is 0.466 e. The Morgan fingerprint density at radius 1 is 0.667 bits per heavy atom. The van der Waals surface area contributed by atoms with Crippen molar-refractivity contribution in [3.8, 4) is 0 Å². The van der Waals surface area contributed by atoms with Crippen LogP contribution in [0.1, 0.15) is 116 Å². The van der Waals surface area contributed by atoms with Gasteiger partial charge in [0.05, 0.1) is 13.0 Å². The molecule has 0 aliphatic heterocycles. The molecule has 0 aliphatic rings. The number of hydrogen-bond acceptors (Lipinski definition) is 2. The maximum absolute atomic E-state index is 11.1. The maximum Gasteiger partial charge on any atom is 0.306 e. The molecule has 144 valence electrons. The van der Waals surface area contributed by atoms with E-state index in [1.54, 1.807) is 0 Å². The van der Waals surface area contributed by atoms with E-state index in [2.05, 4.69) is 6.92 Å². The van der Waals surface area contributed by atoms with Crippen LogP contribution in [0.2, 0.25) is 0 Å². The lowest BCUT2D eigenvalue weighted by Crippen LogP contribution is -2.06. The number of hydrogen-bond donors (Lipinski definition) is 0. The molecule has 3 heteroatoms. The van der Waals surface area contributed by atoms with Crippen LogP contribution < -0.4 is 0 Å². The fourth-order valence-electron chi connectivity index (χ4n) is 2.99. The molecule has 0 radical (unpaired) electrons. The van der Waals surface area contributed by atoms with Gasteiger partial charge in [0, 0.05) is 5.88 Å². The Balaban J connectivity index is 3.01. The summed E-state index contributed by atoms with van der Waals surface area (Å²) in [6.07, 6.45) is 22.1. The molecule has 0 saturated carbocycles. The third-order valence-corrected chi connectivity index (χ3v) is 4.75. The first-order chi connectivity index (χ1) is 11.8. The van der Waals surface area contributed by atoms with Crippen molar-refractivity contribution in [3.63, 3.8) is 0 Å². The molecule has 0 heterocycles. The second-order valence-electron chi connectivity index (χ2n) is 6.96. The summed E-state index contributed by atoms with van der Waals surface area (Å²) in [5, 5.41) is 0. The number of alkyl halides is 1. The highest BCUT2D eigenvalue weighted by atomic mass is 35.5. The normalized spacial score (nSPS) is 10.9. The molecule has 2 nitrogen and oxygen atoms in total. The van der Waals surface area contributed by atoms with Gasteiger partial charge in [0.2, 0.25) is 0 Å². The van der Waals surface area contributed by atoms with Gasteiger partial charge in [0.15, 0.2) is 0 Å². The summed E-state index contributed by atoms with van der Waals surface area (Å²) in [6, 6.07) is 0. The molecule has 0 unspecified atom stereocenters. The van der Waals surface area contributed by atoms with Gasteiger partial charge in [0.25, 0.3) is 0 Å². The number of carbonyl (C=O) groups excluding carboxylic acids is 1. The highest BCUT2D eigenvalue weighted by molar-refractivity contribution is 6.18. The number of esters is 1. The Morgan fingerprint density at radius 2 is 1.04 bits per heavy atom. The molecule has 24 heavy (non-hydrogen) atoms. The topological polar surface area (TPSA) is 26.3 Å². The Hall–Kier alpha value is -0.240. The number of ether oxygens (including phenoxy) is 1. The second kappa shape index (κ2) is 20.8. The van der Waals surface area contributed by atoms with Crippen LogP contribution in [-0.4, -0.2) is 18.5 Å². The van der Waals surface area contributed by atoms with Gasteiger partial charge in [-0.05, 0) is 6.42 Å². The summed E-state index contributed by atoms with van der Waals surface area (Å²) in [5.41, 5.74) is 0. The van der Waals surface area contributed by atoms with Crippen molar-refractivity contribution in [1.82, 2.24) is 0 Å².